The van der Waals surface area contributed by atoms with E-state index in [1.54, 1.807) is 0 Å². The van der Waals surface area contributed by atoms with Crippen LogP contribution in [0.5, 0.6) is 0 Å². The van der Waals surface area contributed by atoms with E-state index in [0.717, 1.165) is 38.0 Å². The Balaban J connectivity index is 1.89. The summed E-state index contributed by atoms with van der Waals surface area (Å²) >= 11 is 0. The number of piperidine rings is 1. The molecule has 0 aromatic heterocycles. The third-order valence-corrected chi connectivity index (χ3v) is 3.67. The highest BCUT2D eigenvalue weighted by molar-refractivity contribution is 5.94. The van der Waals surface area contributed by atoms with Crippen molar-refractivity contribution in [1.82, 2.24) is 0 Å². The molecule has 0 saturated carbocycles. The van der Waals surface area contributed by atoms with Crippen LogP contribution in [0.15, 0.2) is 18.2 Å². The van der Waals surface area contributed by atoms with Gasteiger partial charge < -0.3 is 10.2 Å². The van der Waals surface area contributed by atoms with E-state index >= 15 is 0 Å². The van der Waals surface area contributed by atoms with Crippen molar-refractivity contribution in [2.45, 2.75) is 32.1 Å². The molecule has 3 nitrogen and oxygen atoms in total. The molecule has 3 heteroatoms. The number of rotatable bonds is 1. The van der Waals surface area contributed by atoms with E-state index in [1.165, 1.54) is 17.7 Å². The summed E-state index contributed by atoms with van der Waals surface area (Å²) in [5, 5.41) is 3.42. The molecule has 1 amide bonds. The maximum Gasteiger partial charge on any atom is 0.226 e. The molecule has 1 saturated heterocycles. The smallest absolute Gasteiger partial charge is 0.226 e. The third-order valence-electron chi connectivity index (χ3n) is 3.67. The van der Waals surface area contributed by atoms with Crippen molar-refractivity contribution in [1.29, 1.82) is 0 Å². The molecular weight excluding hydrogens is 212 g/mol. The zero-order chi connectivity index (χ0) is 11.7. The minimum atomic E-state index is 0.270. The monoisotopic (exact) mass is 230 g/mol. The largest absolute Gasteiger partial charge is 0.385 e. The predicted molar refractivity (Wildman–Crippen MR) is 69.5 cm³/mol. The maximum absolute atomic E-state index is 11.9. The average molecular weight is 230 g/mol. The summed E-state index contributed by atoms with van der Waals surface area (Å²) in [6, 6.07) is 6.39. The molecule has 3 rings (SSSR count). The normalized spacial score (nSPS) is 19.8. The number of carbonyl (C=O) groups is 1. The van der Waals surface area contributed by atoms with Crippen LogP contribution in [0.3, 0.4) is 0 Å². The molecule has 1 aromatic carbocycles. The van der Waals surface area contributed by atoms with Crippen LogP contribution in [-0.2, 0) is 11.2 Å². The highest BCUT2D eigenvalue weighted by Crippen LogP contribution is 2.29. The Kier molecular flexibility index (Phi) is 2.75. The van der Waals surface area contributed by atoms with Crippen LogP contribution in [0, 0.1) is 0 Å². The van der Waals surface area contributed by atoms with E-state index in [9.17, 15) is 4.79 Å². The number of nitrogens with zero attached hydrogens (tertiary/aromatic N) is 1. The fraction of sp³-hybridized carbons (Fsp3) is 0.500. The van der Waals surface area contributed by atoms with E-state index in [0.29, 0.717) is 6.42 Å². The molecule has 90 valence electrons. The minimum absolute atomic E-state index is 0.270. The summed E-state index contributed by atoms with van der Waals surface area (Å²) in [6.07, 6.45) is 5.21. The number of anilines is 2. The van der Waals surface area contributed by atoms with Crippen molar-refractivity contribution in [2.75, 3.05) is 23.3 Å². The van der Waals surface area contributed by atoms with Gasteiger partial charge in [0.25, 0.3) is 0 Å². The number of fused-ring (bicyclic) bond motifs is 1. The Bertz CT molecular complexity index is 442. The lowest BCUT2D eigenvalue weighted by molar-refractivity contribution is -0.119. The number of hydrogen-bond acceptors (Lipinski definition) is 2. The van der Waals surface area contributed by atoms with E-state index in [-0.39, 0.29) is 5.91 Å². The second-order valence-corrected chi connectivity index (χ2v) is 4.87. The van der Waals surface area contributed by atoms with Gasteiger partial charge in [-0.2, -0.15) is 0 Å². The lowest BCUT2D eigenvalue weighted by Gasteiger charge is -2.28. The molecule has 0 aliphatic carbocycles. The molecule has 2 aliphatic heterocycles. The lowest BCUT2D eigenvalue weighted by atomic mass is 10.0. The Labute approximate surface area is 102 Å². The fourth-order valence-electron chi connectivity index (χ4n) is 2.70. The van der Waals surface area contributed by atoms with Crippen LogP contribution < -0.4 is 10.2 Å². The van der Waals surface area contributed by atoms with Gasteiger partial charge in [0, 0.05) is 30.9 Å². The Morgan fingerprint density at radius 2 is 2.06 bits per heavy atom. The van der Waals surface area contributed by atoms with Crippen molar-refractivity contribution < 1.29 is 4.79 Å². The highest BCUT2D eigenvalue weighted by Gasteiger charge is 2.20. The number of amides is 1. The zero-order valence-corrected chi connectivity index (χ0v) is 10.0. The third kappa shape index (κ3) is 2.02. The fourth-order valence-corrected chi connectivity index (χ4v) is 2.70. The van der Waals surface area contributed by atoms with Crippen molar-refractivity contribution in [3.05, 3.63) is 23.8 Å². The molecule has 0 atom stereocenters. The first-order valence-corrected chi connectivity index (χ1v) is 6.52. The van der Waals surface area contributed by atoms with E-state index in [4.69, 9.17) is 0 Å². The van der Waals surface area contributed by atoms with Gasteiger partial charge in [-0.25, -0.2) is 0 Å². The van der Waals surface area contributed by atoms with Gasteiger partial charge in [0.1, 0.15) is 0 Å². The Morgan fingerprint density at radius 3 is 2.94 bits per heavy atom. The van der Waals surface area contributed by atoms with E-state index in [1.807, 2.05) is 4.90 Å². The van der Waals surface area contributed by atoms with Gasteiger partial charge in [0.05, 0.1) is 0 Å². The summed E-state index contributed by atoms with van der Waals surface area (Å²) in [6.45, 7) is 1.92. The maximum atomic E-state index is 11.9. The molecule has 0 unspecified atom stereocenters. The molecular formula is C14H18N2O. The number of carbonyl (C=O) groups excluding carboxylic acids is 1. The van der Waals surface area contributed by atoms with E-state index in [2.05, 4.69) is 23.5 Å². The predicted octanol–water partition coefficient (Wildman–Crippen LogP) is 2.56. The summed E-state index contributed by atoms with van der Waals surface area (Å²) in [4.78, 5) is 13.8. The number of hydrogen-bond donors (Lipinski definition) is 1. The molecule has 1 fully saturated rings. The highest BCUT2D eigenvalue weighted by atomic mass is 16.2. The molecule has 0 radical (unpaired) electrons. The molecule has 0 spiro atoms. The van der Waals surface area contributed by atoms with Crippen molar-refractivity contribution in [2.24, 2.45) is 0 Å². The SMILES string of the molecule is O=C1CCCCN1c1ccc2c(c1)NCCC2. The topological polar surface area (TPSA) is 32.3 Å². The molecule has 2 aliphatic rings. The van der Waals surface area contributed by atoms with Crippen LogP contribution >= 0.6 is 0 Å². The van der Waals surface area contributed by atoms with Crippen molar-refractivity contribution in [3.63, 3.8) is 0 Å². The number of benzene rings is 1. The van der Waals surface area contributed by atoms with Crippen LogP contribution in [0.2, 0.25) is 0 Å². The Hall–Kier alpha value is -1.51. The van der Waals surface area contributed by atoms with Crippen molar-refractivity contribution >= 4 is 17.3 Å². The molecule has 1 aromatic rings. The molecule has 1 N–H and O–H groups in total. The quantitative estimate of drug-likeness (QED) is 0.804. The zero-order valence-electron chi connectivity index (χ0n) is 10.0. The standard InChI is InChI=1S/C14H18N2O/c17-14-5-1-2-9-16(14)12-7-6-11-4-3-8-15-13(11)10-12/h6-7,10,15H,1-5,8-9H2. The van der Waals surface area contributed by atoms with Gasteiger partial charge >= 0.3 is 0 Å². The van der Waals surface area contributed by atoms with Crippen molar-refractivity contribution in [3.8, 4) is 0 Å². The van der Waals surface area contributed by atoms with Crippen LogP contribution in [-0.4, -0.2) is 19.0 Å². The van der Waals surface area contributed by atoms with E-state index < -0.39 is 0 Å². The molecule has 2 heterocycles. The Morgan fingerprint density at radius 1 is 1.12 bits per heavy atom. The summed E-state index contributed by atoms with van der Waals surface area (Å²) < 4.78 is 0. The van der Waals surface area contributed by atoms with Gasteiger partial charge in [-0.15, -0.1) is 0 Å². The first-order valence-electron chi connectivity index (χ1n) is 6.52. The first-order chi connectivity index (χ1) is 8.34. The van der Waals surface area contributed by atoms with Gasteiger partial charge in [-0.1, -0.05) is 6.07 Å². The van der Waals surface area contributed by atoms with Crippen LogP contribution in [0.1, 0.15) is 31.2 Å². The summed E-state index contributed by atoms with van der Waals surface area (Å²) in [7, 11) is 0. The minimum Gasteiger partial charge on any atom is -0.385 e. The van der Waals surface area contributed by atoms with Crippen LogP contribution in [0.4, 0.5) is 11.4 Å². The summed E-state index contributed by atoms with van der Waals surface area (Å²) in [5.41, 5.74) is 3.65. The number of aryl methyl sites for hydroxylation is 1. The second-order valence-electron chi connectivity index (χ2n) is 4.87. The van der Waals surface area contributed by atoms with Gasteiger partial charge in [0.2, 0.25) is 5.91 Å². The number of nitrogens with one attached hydrogen (secondary N) is 1. The second kappa shape index (κ2) is 4.40. The molecule has 17 heavy (non-hydrogen) atoms. The first kappa shape index (κ1) is 10.6. The molecule has 0 bridgehead atoms. The van der Waals surface area contributed by atoms with Gasteiger partial charge in [-0.05, 0) is 43.4 Å². The summed E-state index contributed by atoms with van der Waals surface area (Å²) in [5.74, 6) is 0.270. The lowest BCUT2D eigenvalue weighted by Crippen LogP contribution is -2.35. The van der Waals surface area contributed by atoms with Crippen LogP contribution in [0.25, 0.3) is 0 Å². The average Bonchev–Trinajstić information content (AvgIpc) is 2.39. The van der Waals surface area contributed by atoms with Gasteiger partial charge in [-0.3, -0.25) is 4.79 Å². The van der Waals surface area contributed by atoms with Gasteiger partial charge in [0.15, 0.2) is 0 Å².